The molecule has 1 aliphatic heterocycles. The fraction of sp³-hybridized carbons (Fsp3) is 0.923. The number of rotatable bonds is 6. The third-order valence-corrected chi connectivity index (χ3v) is 3.65. The van der Waals surface area contributed by atoms with E-state index in [2.05, 4.69) is 10.2 Å². The molecule has 1 rings (SSSR count). The van der Waals surface area contributed by atoms with E-state index in [1.807, 2.05) is 20.9 Å². The predicted molar refractivity (Wildman–Crippen MR) is 69.0 cm³/mol. The van der Waals surface area contributed by atoms with Crippen molar-refractivity contribution >= 4 is 5.97 Å². The number of hydrogen-bond donors (Lipinski definition) is 1. The summed E-state index contributed by atoms with van der Waals surface area (Å²) in [6.07, 6.45) is 4.73. The summed E-state index contributed by atoms with van der Waals surface area (Å²) in [4.78, 5) is 14.3. The molecule has 1 unspecified atom stereocenters. The van der Waals surface area contributed by atoms with E-state index in [-0.39, 0.29) is 5.97 Å². The smallest absolute Gasteiger partial charge is 0.326 e. The zero-order valence-corrected chi connectivity index (χ0v) is 11.4. The number of carbonyl (C=O) groups excluding carboxylic acids is 1. The molecule has 1 aliphatic rings. The summed E-state index contributed by atoms with van der Waals surface area (Å²) in [6, 6.07) is 0. The van der Waals surface area contributed by atoms with Crippen LogP contribution in [0.25, 0.3) is 0 Å². The largest absolute Gasteiger partial charge is 0.465 e. The van der Waals surface area contributed by atoms with Gasteiger partial charge in [0.25, 0.3) is 0 Å². The van der Waals surface area contributed by atoms with Gasteiger partial charge in [0.2, 0.25) is 0 Å². The summed E-state index contributed by atoms with van der Waals surface area (Å²) in [6.45, 7) is 7.52. The number of carbonyl (C=O) groups is 1. The molecule has 4 nitrogen and oxygen atoms in total. The summed E-state index contributed by atoms with van der Waals surface area (Å²) in [5.41, 5.74) is -0.548. The lowest BCUT2D eigenvalue weighted by atomic mass is 9.97. The third-order valence-electron chi connectivity index (χ3n) is 3.65. The second-order valence-electron chi connectivity index (χ2n) is 4.95. The first kappa shape index (κ1) is 14.5. The fourth-order valence-electron chi connectivity index (χ4n) is 2.18. The molecule has 1 N–H and O–H groups in total. The highest BCUT2D eigenvalue weighted by atomic mass is 16.5. The van der Waals surface area contributed by atoms with E-state index in [1.54, 1.807) is 0 Å². The third kappa shape index (κ3) is 4.28. The van der Waals surface area contributed by atoms with Crippen LogP contribution < -0.4 is 5.32 Å². The molecule has 0 aliphatic carbocycles. The van der Waals surface area contributed by atoms with Gasteiger partial charge in [0.1, 0.15) is 5.54 Å². The number of hydrogen-bond acceptors (Lipinski definition) is 4. The maximum atomic E-state index is 11.9. The summed E-state index contributed by atoms with van der Waals surface area (Å²) in [7, 11) is 1.83. The molecule has 0 amide bonds. The van der Waals surface area contributed by atoms with E-state index in [0.717, 1.165) is 13.0 Å². The lowest BCUT2D eigenvalue weighted by Gasteiger charge is -2.32. The number of esters is 1. The van der Waals surface area contributed by atoms with E-state index in [4.69, 9.17) is 4.74 Å². The van der Waals surface area contributed by atoms with E-state index in [0.29, 0.717) is 6.61 Å². The molecule has 0 radical (unpaired) electrons. The molecule has 1 heterocycles. The van der Waals surface area contributed by atoms with Gasteiger partial charge in [-0.1, -0.05) is 6.42 Å². The molecule has 1 fully saturated rings. The zero-order valence-electron chi connectivity index (χ0n) is 11.4. The second-order valence-corrected chi connectivity index (χ2v) is 4.95. The molecular weight excluding hydrogens is 216 g/mol. The topological polar surface area (TPSA) is 41.6 Å². The van der Waals surface area contributed by atoms with Crippen molar-refractivity contribution in [2.45, 2.75) is 45.1 Å². The lowest BCUT2D eigenvalue weighted by molar-refractivity contribution is -0.150. The Hall–Kier alpha value is -0.610. The van der Waals surface area contributed by atoms with Crippen molar-refractivity contribution in [3.8, 4) is 0 Å². The fourth-order valence-corrected chi connectivity index (χ4v) is 2.18. The van der Waals surface area contributed by atoms with Crippen LogP contribution in [0.2, 0.25) is 0 Å². The van der Waals surface area contributed by atoms with Crippen LogP contribution in [0.15, 0.2) is 0 Å². The highest BCUT2D eigenvalue weighted by molar-refractivity contribution is 5.80. The number of nitrogens with zero attached hydrogens (tertiary/aromatic N) is 1. The Balaban J connectivity index is 2.41. The SMILES string of the molecule is CCOC(=O)C(C)(CCN1CCCCC1)NC. The van der Waals surface area contributed by atoms with Crippen molar-refractivity contribution in [3.63, 3.8) is 0 Å². The molecule has 17 heavy (non-hydrogen) atoms. The van der Waals surface area contributed by atoms with Gasteiger partial charge in [0.15, 0.2) is 0 Å². The Morgan fingerprint density at radius 1 is 1.35 bits per heavy atom. The molecule has 0 bridgehead atoms. The minimum Gasteiger partial charge on any atom is -0.465 e. The van der Waals surface area contributed by atoms with Gasteiger partial charge in [0.05, 0.1) is 6.61 Å². The summed E-state index contributed by atoms with van der Waals surface area (Å²) in [5.74, 6) is -0.139. The second kappa shape index (κ2) is 6.97. The van der Waals surface area contributed by atoms with Crippen molar-refractivity contribution in [2.75, 3.05) is 33.3 Å². The molecule has 4 heteroatoms. The van der Waals surface area contributed by atoms with Crippen molar-refractivity contribution in [2.24, 2.45) is 0 Å². The Morgan fingerprint density at radius 2 is 2.00 bits per heavy atom. The van der Waals surface area contributed by atoms with Crippen molar-refractivity contribution in [1.29, 1.82) is 0 Å². The van der Waals surface area contributed by atoms with Crippen LogP contribution in [0.3, 0.4) is 0 Å². The first-order chi connectivity index (χ1) is 8.12. The molecule has 0 spiro atoms. The van der Waals surface area contributed by atoms with E-state index >= 15 is 0 Å². The lowest BCUT2D eigenvalue weighted by Crippen LogP contribution is -2.51. The minimum atomic E-state index is -0.548. The average Bonchev–Trinajstić information content (AvgIpc) is 2.37. The van der Waals surface area contributed by atoms with Gasteiger partial charge in [-0.15, -0.1) is 0 Å². The summed E-state index contributed by atoms with van der Waals surface area (Å²) < 4.78 is 5.12. The minimum absolute atomic E-state index is 0.139. The van der Waals surface area contributed by atoms with Gasteiger partial charge >= 0.3 is 5.97 Å². The Labute approximate surface area is 105 Å². The molecule has 100 valence electrons. The highest BCUT2D eigenvalue weighted by Crippen LogP contribution is 2.15. The molecular formula is C13H26N2O2. The van der Waals surface area contributed by atoms with Gasteiger partial charge in [0, 0.05) is 6.54 Å². The van der Waals surface area contributed by atoms with Gasteiger partial charge < -0.3 is 15.0 Å². The summed E-state index contributed by atoms with van der Waals surface area (Å²) >= 11 is 0. The number of ether oxygens (including phenoxy) is 1. The van der Waals surface area contributed by atoms with Crippen molar-refractivity contribution < 1.29 is 9.53 Å². The van der Waals surface area contributed by atoms with Crippen molar-refractivity contribution in [3.05, 3.63) is 0 Å². The van der Waals surface area contributed by atoms with Gasteiger partial charge in [-0.2, -0.15) is 0 Å². The molecule has 0 saturated carbocycles. The van der Waals surface area contributed by atoms with Crippen LogP contribution in [-0.4, -0.2) is 49.7 Å². The predicted octanol–water partition coefficient (Wildman–Crippen LogP) is 1.40. The van der Waals surface area contributed by atoms with E-state index < -0.39 is 5.54 Å². The average molecular weight is 242 g/mol. The number of nitrogens with one attached hydrogen (secondary N) is 1. The van der Waals surface area contributed by atoms with Crippen LogP contribution >= 0.6 is 0 Å². The van der Waals surface area contributed by atoms with Crippen LogP contribution in [-0.2, 0) is 9.53 Å². The van der Waals surface area contributed by atoms with Crippen LogP contribution in [0.1, 0.15) is 39.5 Å². The van der Waals surface area contributed by atoms with Crippen LogP contribution in [0.4, 0.5) is 0 Å². The maximum Gasteiger partial charge on any atom is 0.326 e. The van der Waals surface area contributed by atoms with Crippen LogP contribution in [0.5, 0.6) is 0 Å². The first-order valence-electron chi connectivity index (χ1n) is 6.71. The monoisotopic (exact) mass is 242 g/mol. The zero-order chi connectivity index (χ0) is 12.7. The van der Waals surface area contributed by atoms with Gasteiger partial charge in [-0.3, -0.25) is 4.79 Å². The van der Waals surface area contributed by atoms with E-state index in [9.17, 15) is 4.79 Å². The van der Waals surface area contributed by atoms with Gasteiger partial charge in [-0.25, -0.2) is 0 Å². The van der Waals surface area contributed by atoms with E-state index in [1.165, 1.54) is 32.4 Å². The quantitative estimate of drug-likeness (QED) is 0.715. The molecule has 1 atom stereocenters. The molecule has 0 aromatic carbocycles. The molecule has 0 aromatic rings. The Bertz CT molecular complexity index is 240. The summed E-state index contributed by atoms with van der Waals surface area (Å²) in [5, 5.41) is 3.10. The van der Waals surface area contributed by atoms with Gasteiger partial charge in [-0.05, 0) is 53.2 Å². The van der Waals surface area contributed by atoms with Crippen LogP contribution in [0, 0.1) is 0 Å². The highest BCUT2D eigenvalue weighted by Gasteiger charge is 2.33. The standard InChI is InChI=1S/C13H26N2O2/c1-4-17-12(16)13(2,14-3)8-11-15-9-6-5-7-10-15/h14H,4-11H2,1-3H3. The first-order valence-corrected chi connectivity index (χ1v) is 6.71. The Morgan fingerprint density at radius 3 is 2.53 bits per heavy atom. The van der Waals surface area contributed by atoms with Crippen molar-refractivity contribution in [1.82, 2.24) is 10.2 Å². The number of likely N-dealkylation sites (N-methyl/N-ethyl adjacent to an activating group) is 1. The molecule has 1 saturated heterocycles. The number of likely N-dealkylation sites (tertiary alicyclic amines) is 1. The molecule has 0 aromatic heterocycles. The number of piperidine rings is 1. The maximum absolute atomic E-state index is 11.9. The Kier molecular flexibility index (Phi) is 5.92. The normalized spacial score (nSPS) is 20.9.